The molecule has 5 heteroatoms. The van der Waals surface area contributed by atoms with E-state index in [1.807, 2.05) is 0 Å². The smallest absolute Gasteiger partial charge is 0.186 e. The Hall–Kier alpha value is -0.200. The number of aliphatic hydroxyl groups excluding tert-OH is 3. The molecule has 64 valence electrons. The van der Waals surface area contributed by atoms with Crippen LogP contribution in [0, 0.1) is 0 Å². The third kappa shape index (κ3) is 0.969. The summed E-state index contributed by atoms with van der Waals surface area (Å²) >= 11 is 0. The Balaban J connectivity index is 2.16. The zero-order valence-corrected chi connectivity index (χ0v) is 5.75. The Morgan fingerprint density at radius 1 is 1.09 bits per heavy atom. The van der Waals surface area contributed by atoms with E-state index in [1.165, 1.54) is 0 Å². The summed E-state index contributed by atoms with van der Waals surface area (Å²) < 4.78 is 9.84. The number of aliphatic hydroxyl groups is 3. The van der Waals surface area contributed by atoms with Gasteiger partial charge in [-0.2, -0.15) is 0 Å². The molecule has 2 bridgehead atoms. The van der Waals surface area contributed by atoms with Crippen LogP contribution in [0.1, 0.15) is 0 Å². The van der Waals surface area contributed by atoms with Crippen molar-refractivity contribution in [2.24, 2.45) is 0 Å². The number of hydrogen-bond donors (Lipinski definition) is 3. The summed E-state index contributed by atoms with van der Waals surface area (Å²) in [6, 6.07) is 0. The van der Waals surface area contributed by atoms with E-state index in [1.54, 1.807) is 0 Å². The van der Waals surface area contributed by atoms with Crippen LogP contribution in [0.25, 0.3) is 0 Å². The Morgan fingerprint density at radius 2 is 1.82 bits per heavy atom. The predicted molar refractivity (Wildman–Crippen MR) is 32.6 cm³/mol. The number of fused-ring (bicyclic) bond motifs is 2. The molecule has 2 rings (SSSR count). The van der Waals surface area contributed by atoms with Gasteiger partial charge in [0.1, 0.15) is 24.4 Å². The minimum absolute atomic E-state index is 0.115. The van der Waals surface area contributed by atoms with Gasteiger partial charge in [0, 0.05) is 0 Å². The van der Waals surface area contributed by atoms with Crippen molar-refractivity contribution >= 4 is 0 Å². The summed E-state index contributed by atoms with van der Waals surface area (Å²) in [4.78, 5) is 0. The zero-order valence-electron chi connectivity index (χ0n) is 5.75. The van der Waals surface area contributed by atoms with Crippen molar-refractivity contribution in [1.82, 2.24) is 0 Å². The van der Waals surface area contributed by atoms with Crippen molar-refractivity contribution in [3.8, 4) is 0 Å². The van der Waals surface area contributed by atoms with Crippen LogP contribution in [-0.2, 0) is 9.47 Å². The molecule has 2 saturated heterocycles. The zero-order chi connectivity index (χ0) is 8.01. The fraction of sp³-hybridized carbons (Fsp3) is 1.00. The summed E-state index contributed by atoms with van der Waals surface area (Å²) in [6.45, 7) is 0.115. The van der Waals surface area contributed by atoms with Gasteiger partial charge in [0.25, 0.3) is 0 Å². The molecule has 2 aliphatic rings. The van der Waals surface area contributed by atoms with E-state index >= 15 is 0 Å². The third-order valence-corrected chi connectivity index (χ3v) is 2.07. The fourth-order valence-corrected chi connectivity index (χ4v) is 1.42. The van der Waals surface area contributed by atoms with Crippen LogP contribution in [0.2, 0.25) is 0 Å². The largest absolute Gasteiger partial charge is 0.388 e. The average molecular weight is 162 g/mol. The molecule has 0 radical (unpaired) electrons. The maximum Gasteiger partial charge on any atom is 0.186 e. The highest BCUT2D eigenvalue weighted by atomic mass is 16.7. The van der Waals surface area contributed by atoms with Crippen molar-refractivity contribution in [3.63, 3.8) is 0 Å². The van der Waals surface area contributed by atoms with E-state index < -0.39 is 30.7 Å². The predicted octanol–water partition coefficient (Wildman–Crippen LogP) is -2.18. The summed E-state index contributed by atoms with van der Waals surface area (Å²) in [5.74, 6) is 0. The maximum absolute atomic E-state index is 9.22. The lowest BCUT2D eigenvalue weighted by atomic mass is 10.1. The molecule has 0 aromatic carbocycles. The van der Waals surface area contributed by atoms with Crippen LogP contribution in [-0.4, -0.2) is 52.6 Å². The van der Waals surface area contributed by atoms with Crippen molar-refractivity contribution in [2.45, 2.75) is 30.7 Å². The molecule has 11 heavy (non-hydrogen) atoms. The van der Waals surface area contributed by atoms with Crippen LogP contribution < -0.4 is 0 Å². The first kappa shape index (κ1) is 7.45. The lowest BCUT2D eigenvalue weighted by Gasteiger charge is -2.25. The van der Waals surface area contributed by atoms with Gasteiger partial charge in [0.05, 0.1) is 6.61 Å². The highest BCUT2D eigenvalue weighted by Gasteiger charge is 2.50. The molecule has 5 nitrogen and oxygen atoms in total. The van der Waals surface area contributed by atoms with Crippen molar-refractivity contribution in [1.29, 1.82) is 0 Å². The number of ether oxygens (including phenoxy) is 2. The molecule has 0 amide bonds. The van der Waals surface area contributed by atoms with Crippen molar-refractivity contribution in [3.05, 3.63) is 0 Å². The molecule has 2 aliphatic heterocycles. The van der Waals surface area contributed by atoms with Gasteiger partial charge in [-0.25, -0.2) is 0 Å². The second-order valence-electron chi connectivity index (χ2n) is 2.85. The highest BCUT2D eigenvalue weighted by molar-refractivity contribution is 4.93. The van der Waals surface area contributed by atoms with Crippen LogP contribution in [0.3, 0.4) is 0 Å². The Kier molecular flexibility index (Phi) is 1.62. The molecule has 3 N–H and O–H groups in total. The van der Waals surface area contributed by atoms with Gasteiger partial charge in [-0.15, -0.1) is 0 Å². The van der Waals surface area contributed by atoms with Gasteiger partial charge in [-0.1, -0.05) is 0 Å². The van der Waals surface area contributed by atoms with E-state index in [2.05, 4.69) is 0 Å². The van der Waals surface area contributed by atoms with Crippen molar-refractivity contribution in [2.75, 3.05) is 6.61 Å². The van der Waals surface area contributed by atoms with Gasteiger partial charge in [0.15, 0.2) is 6.29 Å². The van der Waals surface area contributed by atoms with Crippen molar-refractivity contribution < 1.29 is 24.8 Å². The van der Waals surface area contributed by atoms with Gasteiger partial charge < -0.3 is 24.8 Å². The van der Waals surface area contributed by atoms with Gasteiger partial charge in [0.2, 0.25) is 0 Å². The molecule has 2 heterocycles. The van der Waals surface area contributed by atoms with Gasteiger partial charge in [-0.05, 0) is 0 Å². The first-order chi connectivity index (χ1) is 5.20. The summed E-state index contributed by atoms with van der Waals surface area (Å²) in [7, 11) is 0. The van der Waals surface area contributed by atoms with Gasteiger partial charge in [-0.3, -0.25) is 0 Å². The minimum Gasteiger partial charge on any atom is -0.388 e. The van der Waals surface area contributed by atoms with Crippen LogP contribution in [0.5, 0.6) is 0 Å². The molecule has 1 unspecified atom stereocenters. The average Bonchev–Trinajstić information content (AvgIpc) is 2.24. The highest BCUT2D eigenvalue weighted by Crippen LogP contribution is 2.28. The number of hydrogen-bond acceptors (Lipinski definition) is 5. The molecular formula is C6H10O5. The molecule has 0 spiro atoms. The van der Waals surface area contributed by atoms with Crippen LogP contribution in [0.4, 0.5) is 0 Å². The fourth-order valence-electron chi connectivity index (χ4n) is 1.42. The van der Waals surface area contributed by atoms with E-state index in [4.69, 9.17) is 14.6 Å². The van der Waals surface area contributed by atoms with Crippen LogP contribution in [0.15, 0.2) is 0 Å². The third-order valence-electron chi connectivity index (χ3n) is 2.07. The topological polar surface area (TPSA) is 79.2 Å². The Bertz CT molecular complexity index is 161. The summed E-state index contributed by atoms with van der Waals surface area (Å²) in [5, 5.41) is 27.6. The molecule has 0 aromatic rings. The van der Waals surface area contributed by atoms with Gasteiger partial charge >= 0.3 is 0 Å². The molecule has 0 saturated carbocycles. The molecule has 0 aliphatic carbocycles. The quantitative estimate of drug-likeness (QED) is 0.377. The summed E-state index contributed by atoms with van der Waals surface area (Å²) in [5.41, 5.74) is 0. The number of rotatable bonds is 0. The molecule has 0 aromatic heterocycles. The maximum atomic E-state index is 9.22. The minimum atomic E-state index is -1.03. The Morgan fingerprint density at radius 3 is 2.45 bits per heavy atom. The second kappa shape index (κ2) is 2.40. The SMILES string of the molecule is O[C@H]1[C@H]2OC(OC[C@H]2O)[C@@H]1O. The lowest BCUT2D eigenvalue weighted by molar-refractivity contribution is -0.233. The van der Waals surface area contributed by atoms with E-state index in [0.717, 1.165) is 0 Å². The monoisotopic (exact) mass is 162 g/mol. The standard InChI is InChI=1S/C6H10O5/c7-2-1-10-6-4(9)3(8)5(2)11-6/h2-9H,1H2/t2-,3-,4-,5+,6?/m1/s1. The molecule has 2 fully saturated rings. The van der Waals surface area contributed by atoms with E-state index in [-0.39, 0.29) is 6.61 Å². The van der Waals surface area contributed by atoms with E-state index in [0.29, 0.717) is 0 Å². The molecular weight excluding hydrogens is 152 g/mol. The Labute approximate surface area is 63.2 Å². The first-order valence-electron chi connectivity index (χ1n) is 3.51. The normalized spacial score (nSPS) is 56.5. The first-order valence-corrected chi connectivity index (χ1v) is 3.51. The van der Waals surface area contributed by atoms with E-state index in [9.17, 15) is 10.2 Å². The summed E-state index contributed by atoms with van der Waals surface area (Å²) in [6.07, 6.45) is -4.35. The molecule has 5 atom stereocenters. The van der Waals surface area contributed by atoms with Crippen LogP contribution >= 0.6 is 0 Å². The lowest BCUT2D eigenvalue weighted by Crippen LogP contribution is -2.41. The second-order valence-corrected chi connectivity index (χ2v) is 2.85.